The molecule has 3 heteroatoms. The number of rotatable bonds is 2. The Hall–Kier alpha value is -1.74. The van der Waals surface area contributed by atoms with Crippen LogP contribution < -0.4 is 10.5 Å². The van der Waals surface area contributed by atoms with Crippen LogP contribution in [0.2, 0.25) is 0 Å². The van der Waals surface area contributed by atoms with Crippen LogP contribution in [0.5, 0.6) is 5.75 Å². The summed E-state index contributed by atoms with van der Waals surface area (Å²) in [6.45, 7) is 2.22. The minimum absolute atomic E-state index is 0.322. The Morgan fingerprint density at radius 1 is 1.05 bits per heavy atom. The van der Waals surface area contributed by atoms with Crippen LogP contribution >= 0.6 is 0 Å². The summed E-state index contributed by atoms with van der Waals surface area (Å²) in [6, 6.07) is 12.1. The van der Waals surface area contributed by atoms with Crippen molar-refractivity contribution < 1.29 is 4.74 Å². The zero-order chi connectivity index (χ0) is 13.2. The van der Waals surface area contributed by atoms with Crippen LogP contribution in [0.25, 0.3) is 10.8 Å². The molecule has 2 aromatic rings. The van der Waals surface area contributed by atoms with Gasteiger partial charge in [0, 0.05) is 29.5 Å². The number of nitrogen functional groups attached to an aromatic ring is 1. The van der Waals surface area contributed by atoms with Crippen molar-refractivity contribution in [3.05, 3.63) is 36.4 Å². The first-order valence-corrected chi connectivity index (χ1v) is 6.86. The van der Waals surface area contributed by atoms with Gasteiger partial charge < -0.3 is 15.4 Å². The third-order valence-electron chi connectivity index (χ3n) is 3.88. The Balaban J connectivity index is 1.87. The number of hydrogen-bond acceptors (Lipinski definition) is 3. The molecule has 0 unspecified atom stereocenters. The number of ether oxygens (including phenoxy) is 1. The Kier molecular flexibility index (Phi) is 3.30. The van der Waals surface area contributed by atoms with E-state index in [0.29, 0.717) is 6.10 Å². The summed E-state index contributed by atoms with van der Waals surface area (Å²) in [6.07, 6.45) is 2.51. The fourth-order valence-electron chi connectivity index (χ4n) is 2.69. The Morgan fingerprint density at radius 3 is 2.53 bits per heavy atom. The quantitative estimate of drug-likeness (QED) is 0.840. The van der Waals surface area contributed by atoms with Gasteiger partial charge in [-0.3, -0.25) is 0 Å². The summed E-state index contributed by atoms with van der Waals surface area (Å²) in [7, 11) is 2.16. The van der Waals surface area contributed by atoms with Gasteiger partial charge in [-0.05, 0) is 32.0 Å². The average Bonchev–Trinajstić information content (AvgIpc) is 2.43. The number of anilines is 1. The molecule has 1 fully saturated rings. The van der Waals surface area contributed by atoms with E-state index in [1.165, 1.54) is 0 Å². The summed E-state index contributed by atoms with van der Waals surface area (Å²) in [5, 5.41) is 2.19. The van der Waals surface area contributed by atoms with E-state index in [1.807, 2.05) is 30.3 Å². The highest BCUT2D eigenvalue weighted by Gasteiger charge is 2.18. The van der Waals surface area contributed by atoms with Crippen LogP contribution in [0.1, 0.15) is 12.8 Å². The molecule has 0 atom stereocenters. The highest BCUT2D eigenvalue weighted by Crippen LogP contribution is 2.30. The topological polar surface area (TPSA) is 38.5 Å². The van der Waals surface area contributed by atoms with E-state index < -0.39 is 0 Å². The van der Waals surface area contributed by atoms with Crippen LogP contribution in [-0.2, 0) is 0 Å². The summed E-state index contributed by atoms with van der Waals surface area (Å²) >= 11 is 0. The van der Waals surface area contributed by atoms with E-state index in [1.54, 1.807) is 0 Å². The molecule has 1 saturated heterocycles. The van der Waals surface area contributed by atoms with Gasteiger partial charge in [-0.15, -0.1) is 0 Å². The van der Waals surface area contributed by atoms with Gasteiger partial charge in [-0.2, -0.15) is 0 Å². The average molecular weight is 256 g/mol. The van der Waals surface area contributed by atoms with E-state index in [4.69, 9.17) is 10.5 Å². The van der Waals surface area contributed by atoms with Crippen molar-refractivity contribution in [2.24, 2.45) is 0 Å². The maximum atomic E-state index is 6.19. The van der Waals surface area contributed by atoms with Crippen molar-refractivity contribution in [3.63, 3.8) is 0 Å². The first kappa shape index (κ1) is 12.3. The van der Waals surface area contributed by atoms with Gasteiger partial charge >= 0.3 is 0 Å². The van der Waals surface area contributed by atoms with Gasteiger partial charge in [0.05, 0.1) is 0 Å². The molecule has 0 saturated carbocycles. The minimum atomic E-state index is 0.322. The van der Waals surface area contributed by atoms with E-state index in [0.717, 1.165) is 48.1 Å². The van der Waals surface area contributed by atoms with E-state index in [-0.39, 0.29) is 0 Å². The Morgan fingerprint density at radius 2 is 1.74 bits per heavy atom. The van der Waals surface area contributed by atoms with Gasteiger partial charge in [0.25, 0.3) is 0 Å². The smallest absolute Gasteiger partial charge is 0.127 e. The van der Waals surface area contributed by atoms with Crippen molar-refractivity contribution in [2.45, 2.75) is 18.9 Å². The molecule has 1 aliphatic rings. The maximum Gasteiger partial charge on any atom is 0.127 e. The van der Waals surface area contributed by atoms with Gasteiger partial charge in [0.2, 0.25) is 0 Å². The molecule has 0 radical (unpaired) electrons. The van der Waals surface area contributed by atoms with Gasteiger partial charge in [-0.1, -0.05) is 24.3 Å². The first-order valence-electron chi connectivity index (χ1n) is 6.86. The van der Waals surface area contributed by atoms with E-state index in [2.05, 4.69) is 18.0 Å². The molecule has 100 valence electrons. The molecule has 0 amide bonds. The van der Waals surface area contributed by atoms with Crippen LogP contribution in [-0.4, -0.2) is 31.1 Å². The highest BCUT2D eigenvalue weighted by atomic mass is 16.5. The van der Waals surface area contributed by atoms with Crippen molar-refractivity contribution >= 4 is 16.5 Å². The molecular weight excluding hydrogens is 236 g/mol. The van der Waals surface area contributed by atoms with Crippen molar-refractivity contribution in [1.82, 2.24) is 4.90 Å². The molecule has 3 rings (SSSR count). The third kappa shape index (κ3) is 2.51. The van der Waals surface area contributed by atoms with E-state index in [9.17, 15) is 0 Å². The molecule has 0 bridgehead atoms. The molecule has 2 aromatic carbocycles. The van der Waals surface area contributed by atoms with Gasteiger partial charge in [0.1, 0.15) is 11.9 Å². The van der Waals surface area contributed by atoms with Crippen molar-refractivity contribution in [3.8, 4) is 5.75 Å². The summed E-state index contributed by atoms with van der Waals surface area (Å²) < 4.78 is 6.19. The van der Waals surface area contributed by atoms with Crippen molar-refractivity contribution in [1.29, 1.82) is 0 Å². The summed E-state index contributed by atoms with van der Waals surface area (Å²) in [5.74, 6) is 0.958. The normalized spacial score (nSPS) is 17.7. The molecule has 2 N–H and O–H groups in total. The number of nitrogens with two attached hydrogens (primary N) is 1. The van der Waals surface area contributed by atoms with Crippen LogP contribution in [0.15, 0.2) is 36.4 Å². The number of hydrogen-bond donors (Lipinski definition) is 1. The van der Waals surface area contributed by atoms with Crippen molar-refractivity contribution in [2.75, 3.05) is 25.9 Å². The molecular formula is C16H20N2O. The summed E-state index contributed by atoms with van der Waals surface area (Å²) in [5.41, 5.74) is 6.83. The second-order valence-corrected chi connectivity index (χ2v) is 5.32. The second-order valence-electron chi connectivity index (χ2n) is 5.32. The first-order chi connectivity index (χ1) is 9.24. The molecule has 1 aliphatic heterocycles. The molecule has 0 aromatic heterocycles. The number of piperidine rings is 1. The molecule has 1 heterocycles. The molecule has 19 heavy (non-hydrogen) atoms. The lowest BCUT2D eigenvalue weighted by Crippen LogP contribution is -2.35. The fraction of sp³-hybridized carbons (Fsp3) is 0.375. The standard InChI is InChI=1S/C16H20N2O/c1-18-10-8-12(9-11-18)19-16-7-3-4-13-14(16)5-2-6-15(13)17/h2-7,12H,8-11,17H2,1H3. The summed E-state index contributed by atoms with van der Waals surface area (Å²) in [4.78, 5) is 2.35. The lowest BCUT2D eigenvalue weighted by molar-refractivity contribution is 0.116. The van der Waals surface area contributed by atoms with Crippen LogP contribution in [0.3, 0.4) is 0 Å². The zero-order valence-corrected chi connectivity index (χ0v) is 11.3. The predicted octanol–water partition coefficient (Wildman–Crippen LogP) is 2.90. The molecule has 3 nitrogen and oxygen atoms in total. The molecule has 0 aliphatic carbocycles. The number of benzene rings is 2. The predicted molar refractivity (Wildman–Crippen MR) is 79.5 cm³/mol. The fourth-order valence-corrected chi connectivity index (χ4v) is 2.69. The van der Waals surface area contributed by atoms with E-state index >= 15 is 0 Å². The SMILES string of the molecule is CN1CCC(Oc2cccc3c(N)cccc23)CC1. The lowest BCUT2D eigenvalue weighted by atomic mass is 10.1. The number of fused-ring (bicyclic) bond motifs is 1. The highest BCUT2D eigenvalue weighted by molar-refractivity contribution is 5.96. The number of nitrogens with zero attached hydrogens (tertiary/aromatic N) is 1. The van der Waals surface area contributed by atoms with Gasteiger partial charge in [-0.25, -0.2) is 0 Å². The van der Waals surface area contributed by atoms with Crippen LogP contribution in [0.4, 0.5) is 5.69 Å². The Labute approximate surface area is 114 Å². The largest absolute Gasteiger partial charge is 0.490 e. The zero-order valence-electron chi connectivity index (χ0n) is 11.3. The molecule has 0 spiro atoms. The minimum Gasteiger partial charge on any atom is -0.490 e. The van der Waals surface area contributed by atoms with Gasteiger partial charge in [0.15, 0.2) is 0 Å². The lowest BCUT2D eigenvalue weighted by Gasteiger charge is -2.29. The number of likely N-dealkylation sites (tertiary alicyclic amines) is 1. The maximum absolute atomic E-state index is 6.19. The Bertz CT molecular complexity index is 574. The van der Waals surface area contributed by atoms with Crippen LogP contribution in [0, 0.1) is 0 Å². The monoisotopic (exact) mass is 256 g/mol. The third-order valence-corrected chi connectivity index (χ3v) is 3.88. The second kappa shape index (κ2) is 5.10.